The monoisotopic (exact) mass is 257 g/mol. The van der Waals surface area contributed by atoms with Gasteiger partial charge in [0.25, 0.3) is 0 Å². The van der Waals surface area contributed by atoms with Gasteiger partial charge >= 0.3 is 0 Å². The number of benzene rings is 1. The number of rotatable bonds is 4. The maximum absolute atomic E-state index is 10.4. The number of hydrogen-bond donors (Lipinski definition) is 1. The summed E-state index contributed by atoms with van der Waals surface area (Å²) in [4.78, 5) is 5.40. The maximum Gasteiger partial charge on any atom is 0.135 e. The summed E-state index contributed by atoms with van der Waals surface area (Å²) in [5.74, 6) is 0.318. The molecule has 0 radical (unpaired) electrons. The van der Waals surface area contributed by atoms with Gasteiger partial charge in [0.2, 0.25) is 0 Å². The lowest BCUT2D eigenvalue weighted by Crippen LogP contribution is -2.28. The van der Waals surface area contributed by atoms with Crippen LogP contribution in [0.3, 0.4) is 0 Å². The first-order valence-corrected chi connectivity index (χ1v) is 6.90. The molecule has 0 saturated heterocycles. The topological polar surface area (TPSA) is 41.8 Å². The van der Waals surface area contributed by atoms with Crippen molar-refractivity contribution in [2.45, 2.75) is 37.9 Å². The summed E-state index contributed by atoms with van der Waals surface area (Å²) in [7, 11) is 0. The van der Waals surface area contributed by atoms with E-state index in [-0.39, 0.29) is 6.10 Å². The molecule has 0 amide bonds. The van der Waals surface area contributed by atoms with Crippen molar-refractivity contribution in [1.29, 1.82) is 0 Å². The molecule has 0 bridgehead atoms. The molecular weight excluding hydrogens is 238 g/mol. The molecule has 1 aromatic rings. The first-order chi connectivity index (χ1) is 9.25. The highest BCUT2D eigenvalue weighted by atomic mass is 16.6. The lowest BCUT2D eigenvalue weighted by atomic mass is 9.91. The van der Waals surface area contributed by atoms with Crippen LogP contribution in [-0.4, -0.2) is 23.0 Å². The molecule has 0 unspecified atom stereocenters. The van der Waals surface area contributed by atoms with E-state index in [0.717, 1.165) is 29.7 Å². The van der Waals surface area contributed by atoms with E-state index in [4.69, 9.17) is 4.84 Å². The minimum atomic E-state index is -0.569. The minimum absolute atomic E-state index is 0.203. The number of aliphatic hydroxyl groups excluding tert-OH is 1. The Morgan fingerprint density at radius 1 is 1.37 bits per heavy atom. The molecule has 0 aromatic heterocycles. The van der Waals surface area contributed by atoms with Crippen molar-refractivity contribution < 1.29 is 9.94 Å². The predicted molar refractivity (Wildman–Crippen MR) is 75.7 cm³/mol. The van der Waals surface area contributed by atoms with Crippen molar-refractivity contribution in [2.75, 3.05) is 0 Å². The molecule has 1 aliphatic carbocycles. The van der Waals surface area contributed by atoms with Crippen molar-refractivity contribution in [3.8, 4) is 0 Å². The summed E-state index contributed by atoms with van der Waals surface area (Å²) < 4.78 is 0. The Labute approximate surface area is 113 Å². The van der Waals surface area contributed by atoms with Crippen LogP contribution in [0.1, 0.15) is 31.2 Å². The van der Waals surface area contributed by atoms with E-state index >= 15 is 0 Å². The van der Waals surface area contributed by atoms with Crippen LogP contribution in [0.15, 0.2) is 42.1 Å². The van der Waals surface area contributed by atoms with Crippen LogP contribution in [0.2, 0.25) is 0 Å². The van der Waals surface area contributed by atoms with Crippen LogP contribution in [0.5, 0.6) is 0 Å². The molecule has 1 aliphatic heterocycles. The van der Waals surface area contributed by atoms with Gasteiger partial charge in [-0.05, 0) is 30.4 Å². The van der Waals surface area contributed by atoms with E-state index in [9.17, 15) is 5.11 Å². The smallest absolute Gasteiger partial charge is 0.135 e. The van der Waals surface area contributed by atoms with Crippen molar-refractivity contribution >= 4 is 11.3 Å². The highest BCUT2D eigenvalue weighted by Gasteiger charge is 2.40. The fourth-order valence-corrected chi connectivity index (χ4v) is 3.02. The standard InChI is InChI=1S/C16H19NO2/c1-11(12-6-3-2-4-7-12)10-14(18)16-13-8-5-9-15(13)19-17-16/h2-4,6-7,13-15,18H,1,5,8-10H2/t13-,14-,15+/m1/s1. The average molecular weight is 257 g/mol. The second kappa shape index (κ2) is 5.17. The van der Waals surface area contributed by atoms with Crippen LogP contribution in [0.25, 0.3) is 5.57 Å². The fourth-order valence-electron chi connectivity index (χ4n) is 3.02. The molecule has 1 heterocycles. The second-order valence-electron chi connectivity index (χ2n) is 5.39. The van der Waals surface area contributed by atoms with E-state index in [0.29, 0.717) is 12.3 Å². The van der Waals surface area contributed by atoms with Gasteiger partial charge in [-0.1, -0.05) is 42.1 Å². The van der Waals surface area contributed by atoms with Gasteiger partial charge in [-0.15, -0.1) is 0 Å². The van der Waals surface area contributed by atoms with Crippen molar-refractivity contribution in [2.24, 2.45) is 11.1 Å². The summed E-state index contributed by atoms with van der Waals surface area (Å²) in [6, 6.07) is 9.97. The Balaban J connectivity index is 1.66. The maximum atomic E-state index is 10.4. The number of aliphatic hydroxyl groups is 1. The molecule has 1 fully saturated rings. The van der Waals surface area contributed by atoms with Gasteiger partial charge in [0.05, 0.1) is 11.8 Å². The lowest BCUT2D eigenvalue weighted by molar-refractivity contribution is 0.0746. The van der Waals surface area contributed by atoms with Gasteiger partial charge in [0.1, 0.15) is 6.10 Å². The molecule has 3 atom stereocenters. The van der Waals surface area contributed by atoms with Gasteiger partial charge in [0, 0.05) is 12.3 Å². The van der Waals surface area contributed by atoms with Crippen molar-refractivity contribution in [1.82, 2.24) is 0 Å². The summed E-state index contributed by atoms with van der Waals surface area (Å²) in [5.41, 5.74) is 2.83. The van der Waals surface area contributed by atoms with E-state index in [1.165, 1.54) is 6.42 Å². The van der Waals surface area contributed by atoms with Gasteiger partial charge in [-0.3, -0.25) is 0 Å². The van der Waals surface area contributed by atoms with Crippen LogP contribution >= 0.6 is 0 Å². The lowest BCUT2D eigenvalue weighted by Gasteiger charge is -2.16. The highest BCUT2D eigenvalue weighted by molar-refractivity contribution is 5.93. The summed E-state index contributed by atoms with van der Waals surface area (Å²) in [6.45, 7) is 4.07. The zero-order valence-electron chi connectivity index (χ0n) is 11.0. The third kappa shape index (κ3) is 2.43. The Morgan fingerprint density at radius 2 is 2.16 bits per heavy atom. The SMILES string of the molecule is C=C(C[C@@H](O)C1=NO[C@H]2CCC[C@@H]12)c1ccccc1. The third-order valence-corrected chi connectivity index (χ3v) is 4.09. The molecule has 2 aliphatic rings. The first kappa shape index (κ1) is 12.4. The van der Waals surface area contributed by atoms with Crippen molar-refractivity contribution in [3.63, 3.8) is 0 Å². The summed E-state index contributed by atoms with van der Waals surface area (Å²) in [6.07, 6.45) is 3.47. The van der Waals surface area contributed by atoms with Crippen molar-refractivity contribution in [3.05, 3.63) is 42.5 Å². The second-order valence-corrected chi connectivity index (χ2v) is 5.39. The van der Waals surface area contributed by atoms with E-state index in [1.54, 1.807) is 0 Å². The van der Waals surface area contributed by atoms with Gasteiger partial charge in [-0.25, -0.2) is 0 Å². The molecular formula is C16H19NO2. The molecule has 0 spiro atoms. The third-order valence-electron chi connectivity index (χ3n) is 4.09. The van der Waals surface area contributed by atoms with Crippen LogP contribution in [0, 0.1) is 5.92 Å². The largest absolute Gasteiger partial charge is 0.392 e. The molecule has 100 valence electrons. The average Bonchev–Trinajstić information content (AvgIpc) is 3.01. The number of fused-ring (bicyclic) bond motifs is 1. The Bertz CT molecular complexity index is 495. The molecule has 3 nitrogen and oxygen atoms in total. The molecule has 1 aromatic carbocycles. The van der Waals surface area contributed by atoms with E-state index in [1.807, 2.05) is 30.3 Å². The summed E-state index contributed by atoms with van der Waals surface area (Å²) >= 11 is 0. The Hall–Kier alpha value is -1.61. The van der Waals surface area contributed by atoms with Gasteiger partial charge in [-0.2, -0.15) is 0 Å². The highest BCUT2D eigenvalue weighted by Crippen LogP contribution is 2.36. The predicted octanol–water partition coefficient (Wildman–Crippen LogP) is 3.01. The van der Waals surface area contributed by atoms with E-state index in [2.05, 4.69) is 11.7 Å². The number of oxime groups is 1. The van der Waals surface area contributed by atoms with Crippen LogP contribution in [-0.2, 0) is 4.84 Å². The number of hydrogen-bond acceptors (Lipinski definition) is 3. The normalized spacial score (nSPS) is 26.5. The molecule has 1 saturated carbocycles. The zero-order chi connectivity index (χ0) is 13.2. The fraction of sp³-hybridized carbons (Fsp3) is 0.438. The zero-order valence-corrected chi connectivity index (χ0v) is 11.0. The van der Waals surface area contributed by atoms with Gasteiger partial charge in [0.15, 0.2) is 0 Å². The molecule has 1 N–H and O–H groups in total. The quantitative estimate of drug-likeness (QED) is 0.901. The van der Waals surface area contributed by atoms with Crippen LogP contribution < -0.4 is 0 Å². The molecule has 19 heavy (non-hydrogen) atoms. The van der Waals surface area contributed by atoms with Crippen LogP contribution in [0.4, 0.5) is 0 Å². The summed E-state index contributed by atoms with van der Waals surface area (Å²) in [5, 5.41) is 14.4. The number of nitrogens with zero attached hydrogens (tertiary/aromatic N) is 1. The van der Waals surface area contributed by atoms with Gasteiger partial charge < -0.3 is 9.94 Å². The minimum Gasteiger partial charge on any atom is -0.392 e. The Kier molecular flexibility index (Phi) is 3.38. The van der Waals surface area contributed by atoms with E-state index < -0.39 is 6.10 Å². The molecule has 3 heteroatoms. The first-order valence-electron chi connectivity index (χ1n) is 6.90. The Morgan fingerprint density at radius 3 is 2.95 bits per heavy atom. The molecule has 3 rings (SSSR count).